The fourth-order valence-electron chi connectivity index (χ4n) is 7.12. The maximum atomic E-state index is 12.9. The molecular formula is C62H101O11P. The number of hydrogen-bond donors (Lipinski definition) is 2. The Morgan fingerprint density at radius 1 is 0.405 bits per heavy atom. The fraction of sp³-hybridized carbons (Fsp3) is 0.629. The average molecular weight is 1050 g/mol. The topological polar surface area (TPSA) is 155 Å². The number of allylic oxidation sites excluding steroid dienone is 19. The summed E-state index contributed by atoms with van der Waals surface area (Å²) in [5, 5.41) is 9.81. The van der Waals surface area contributed by atoms with Crippen molar-refractivity contribution in [1.29, 1.82) is 0 Å². The number of hydrogen-bond acceptors (Lipinski definition) is 10. The minimum absolute atomic E-state index is 0.0142. The molecule has 2 N–H and O–H groups in total. The maximum absolute atomic E-state index is 12.9. The lowest BCUT2D eigenvalue weighted by Gasteiger charge is -2.21. The standard InChI is InChI=1S/C62H101O11P/c1-4-7-10-13-16-19-22-25-28-29-32-35-38-41-44-47-50-53-62(66)73-59(55-69-60(64)51-48-45-42-39-36-33-30-26-23-20-17-14-11-8-5-2)57-71-74(67,68)70-56-58(54-63)72-61(65)52-49-46-43-40-37-34-31-27-24-21-18-15-12-9-6-3/h8-9,11-12,16-21,25-28,30-31,36,39,45,48,58-59,63H,4-7,10,13-15,22-24,29,32-35,37-38,40-44,46-47,49-57H2,1-3H3,(H,67,68)/b11-8-,12-9-,19-16-,20-17-,21-18-,28-25-,30-26-,31-27-,39-36-,48-45-. The van der Waals surface area contributed by atoms with Gasteiger partial charge in [0.1, 0.15) is 12.7 Å². The van der Waals surface area contributed by atoms with Crippen LogP contribution in [0.1, 0.15) is 213 Å². The van der Waals surface area contributed by atoms with Gasteiger partial charge in [-0.15, -0.1) is 0 Å². The molecule has 0 aromatic heterocycles. The van der Waals surface area contributed by atoms with Crippen LogP contribution in [0, 0.1) is 0 Å². The van der Waals surface area contributed by atoms with E-state index < -0.39 is 64.4 Å². The summed E-state index contributed by atoms with van der Waals surface area (Å²) in [6.45, 7) is 4.24. The van der Waals surface area contributed by atoms with Crippen LogP contribution in [0.2, 0.25) is 0 Å². The summed E-state index contributed by atoms with van der Waals surface area (Å²) < 4.78 is 39.4. The van der Waals surface area contributed by atoms with E-state index in [9.17, 15) is 28.9 Å². The Morgan fingerprint density at radius 3 is 1.15 bits per heavy atom. The normalized spacial score (nSPS) is 14.3. The maximum Gasteiger partial charge on any atom is 0.472 e. The van der Waals surface area contributed by atoms with E-state index in [0.717, 1.165) is 122 Å². The number of phosphoric acid groups is 1. The Bertz CT molecular complexity index is 1700. The molecule has 3 unspecified atom stereocenters. The number of phosphoric ester groups is 1. The lowest BCUT2D eigenvalue weighted by molar-refractivity contribution is -0.161. The predicted octanol–water partition coefficient (Wildman–Crippen LogP) is 16.8. The average Bonchev–Trinajstić information content (AvgIpc) is 3.39. The van der Waals surface area contributed by atoms with Gasteiger partial charge in [-0.2, -0.15) is 0 Å². The van der Waals surface area contributed by atoms with E-state index in [0.29, 0.717) is 19.3 Å². The van der Waals surface area contributed by atoms with Crippen molar-refractivity contribution in [3.63, 3.8) is 0 Å². The van der Waals surface area contributed by atoms with E-state index in [-0.39, 0.29) is 19.3 Å². The van der Waals surface area contributed by atoms with Gasteiger partial charge in [0.25, 0.3) is 0 Å². The van der Waals surface area contributed by atoms with E-state index in [4.69, 9.17) is 23.3 Å². The second-order valence-corrected chi connectivity index (χ2v) is 19.8. The zero-order valence-electron chi connectivity index (χ0n) is 46.3. The highest BCUT2D eigenvalue weighted by atomic mass is 31.2. The van der Waals surface area contributed by atoms with Crippen LogP contribution in [0.15, 0.2) is 122 Å². The highest BCUT2D eigenvalue weighted by Crippen LogP contribution is 2.43. The molecule has 12 heteroatoms. The summed E-state index contributed by atoms with van der Waals surface area (Å²) in [5.41, 5.74) is 0. The van der Waals surface area contributed by atoms with Crippen molar-refractivity contribution >= 4 is 25.7 Å². The molecule has 0 aromatic rings. The number of aliphatic hydroxyl groups is 1. The lowest BCUT2D eigenvalue weighted by Crippen LogP contribution is -2.30. The molecule has 0 aliphatic heterocycles. The second kappa shape index (κ2) is 55.1. The van der Waals surface area contributed by atoms with Gasteiger partial charge in [-0.3, -0.25) is 23.4 Å². The van der Waals surface area contributed by atoms with Crippen molar-refractivity contribution in [3.05, 3.63) is 122 Å². The molecule has 74 heavy (non-hydrogen) atoms. The first-order chi connectivity index (χ1) is 36.2. The zero-order chi connectivity index (χ0) is 54.1. The number of rotatable bonds is 51. The van der Waals surface area contributed by atoms with Gasteiger partial charge in [-0.25, -0.2) is 4.57 Å². The number of unbranched alkanes of at least 4 members (excludes halogenated alkanes) is 15. The van der Waals surface area contributed by atoms with E-state index in [1.165, 1.54) is 32.1 Å². The number of esters is 3. The van der Waals surface area contributed by atoms with Gasteiger partial charge in [0.05, 0.1) is 26.2 Å². The Morgan fingerprint density at radius 2 is 0.743 bits per heavy atom. The quantitative estimate of drug-likeness (QED) is 0.0197. The molecule has 0 rings (SSSR count). The van der Waals surface area contributed by atoms with Crippen LogP contribution in [0.3, 0.4) is 0 Å². The van der Waals surface area contributed by atoms with Crippen molar-refractivity contribution in [2.24, 2.45) is 0 Å². The molecular weight excluding hydrogens is 952 g/mol. The van der Waals surface area contributed by atoms with Crippen molar-refractivity contribution in [2.45, 2.75) is 226 Å². The first-order valence-corrected chi connectivity index (χ1v) is 29.9. The zero-order valence-corrected chi connectivity index (χ0v) is 47.2. The van der Waals surface area contributed by atoms with Gasteiger partial charge in [-0.1, -0.05) is 206 Å². The second-order valence-electron chi connectivity index (χ2n) is 18.3. The number of ether oxygens (including phenoxy) is 3. The van der Waals surface area contributed by atoms with Crippen LogP contribution in [0.25, 0.3) is 0 Å². The van der Waals surface area contributed by atoms with Crippen molar-refractivity contribution in [2.75, 3.05) is 26.4 Å². The summed E-state index contributed by atoms with van der Waals surface area (Å²) in [5.74, 6) is -1.65. The van der Waals surface area contributed by atoms with Gasteiger partial charge in [0.15, 0.2) is 6.10 Å². The monoisotopic (exact) mass is 1050 g/mol. The van der Waals surface area contributed by atoms with Crippen LogP contribution in [0.4, 0.5) is 0 Å². The van der Waals surface area contributed by atoms with Crippen LogP contribution in [0.5, 0.6) is 0 Å². The fourth-order valence-corrected chi connectivity index (χ4v) is 7.90. The Hall–Kier alpha value is -4.12. The van der Waals surface area contributed by atoms with Crippen molar-refractivity contribution in [3.8, 4) is 0 Å². The third kappa shape index (κ3) is 52.7. The first-order valence-electron chi connectivity index (χ1n) is 28.4. The molecule has 0 aliphatic carbocycles. The third-order valence-corrected chi connectivity index (χ3v) is 12.3. The predicted molar refractivity (Wildman–Crippen MR) is 306 cm³/mol. The largest absolute Gasteiger partial charge is 0.472 e. The first kappa shape index (κ1) is 69.9. The molecule has 3 atom stereocenters. The summed E-state index contributed by atoms with van der Waals surface area (Å²) in [4.78, 5) is 48.5. The Labute approximate surface area is 449 Å². The molecule has 11 nitrogen and oxygen atoms in total. The number of carbonyl (C=O) groups is 3. The van der Waals surface area contributed by atoms with Crippen molar-refractivity contribution in [1.82, 2.24) is 0 Å². The van der Waals surface area contributed by atoms with E-state index in [1.807, 2.05) is 12.2 Å². The molecule has 0 aromatic carbocycles. The molecule has 420 valence electrons. The van der Waals surface area contributed by atoms with Gasteiger partial charge in [0, 0.05) is 12.8 Å². The third-order valence-electron chi connectivity index (χ3n) is 11.4. The molecule has 0 fully saturated rings. The molecule has 0 aliphatic rings. The van der Waals surface area contributed by atoms with Crippen LogP contribution < -0.4 is 0 Å². The van der Waals surface area contributed by atoms with E-state index in [2.05, 4.69) is 124 Å². The molecule has 0 amide bonds. The van der Waals surface area contributed by atoms with Gasteiger partial charge in [0.2, 0.25) is 0 Å². The smallest absolute Gasteiger partial charge is 0.461 e. The van der Waals surface area contributed by atoms with Crippen molar-refractivity contribution < 1.29 is 52.2 Å². The summed E-state index contributed by atoms with van der Waals surface area (Å²) in [7, 11) is -4.78. The highest BCUT2D eigenvalue weighted by Gasteiger charge is 2.28. The number of aliphatic hydroxyl groups excluding tert-OH is 1. The Balaban J connectivity index is 4.87. The van der Waals surface area contributed by atoms with Crippen LogP contribution in [-0.2, 0) is 42.2 Å². The van der Waals surface area contributed by atoms with Gasteiger partial charge >= 0.3 is 25.7 Å². The molecule has 0 saturated carbocycles. The molecule has 0 radical (unpaired) electrons. The summed E-state index contributed by atoms with van der Waals surface area (Å²) >= 11 is 0. The van der Waals surface area contributed by atoms with Crippen LogP contribution in [-0.4, -0.2) is 66.5 Å². The van der Waals surface area contributed by atoms with E-state index in [1.54, 1.807) is 6.08 Å². The Kier molecular flexibility index (Phi) is 52.1. The number of carbonyl (C=O) groups excluding carboxylic acids is 3. The summed E-state index contributed by atoms with van der Waals surface area (Å²) in [6.07, 6.45) is 67.5. The van der Waals surface area contributed by atoms with Gasteiger partial charge in [-0.05, 0) is 109 Å². The minimum Gasteiger partial charge on any atom is -0.461 e. The molecule has 0 heterocycles. The van der Waals surface area contributed by atoms with Crippen LogP contribution >= 0.6 is 7.82 Å². The SMILES string of the molecule is CC/C=C\C/C=C\C/C=C\C/C=C\C/C=C\CC(=O)OCC(COP(=O)(O)OCC(CO)OC(=O)CCCCCCC/C=C\C/C=C\C/C=C\CC)OC(=O)CCCCCCCCC/C=C\C/C=C\CCCCC. The molecule has 0 saturated heterocycles. The minimum atomic E-state index is -4.78. The molecule has 0 spiro atoms. The highest BCUT2D eigenvalue weighted by molar-refractivity contribution is 7.47. The van der Waals surface area contributed by atoms with Gasteiger partial charge < -0.3 is 24.2 Å². The lowest BCUT2D eigenvalue weighted by atomic mass is 10.1. The molecule has 0 bridgehead atoms. The van der Waals surface area contributed by atoms with E-state index >= 15 is 0 Å². The summed E-state index contributed by atoms with van der Waals surface area (Å²) in [6, 6.07) is 0.